The van der Waals surface area contributed by atoms with Crippen molar-refractivity contribution >= 4 is 0 Å². The summed E-state index contributed by atoms with van der Waals surface area (Å²) in [6, 6.07) is 0. The molecule has 0 heterocycles. The van der Waals surface area contributed by atoms with E-state index in [1.807, 2.05) is 6.92 Å². The van der Waals surface area contributed by atoms with E-state index in [4.69, 9.17) is 0 Å². The number of nitro groups is 1. The molecule has 0 bridgehead atoms. The maximum atomic E-state index is 10.3. The largest absolute Gasteiger partial charge is 0.265 e. The van der Waals surface area contributed by atoms with Gasteiger partial charge in [-0.2, -0.15) is 0 Å². The third-order valence-electron chi connectivity index (χ3n) is 3.22. The standard InChI is InChI=1S/C10H21NO2/c1-7(2)9(4)10(5)8(3)6-11(12)13/h7-10H,6H2,1-5H3/t8?,9-,10+/m0/s1. The predicted octanol–water partition coefficient (Wildman–Crippen LogP) is 2.83. The lowest BCUT2D eigenvalue weighted by molar-refractivity contribution is -0.489. The van der Waals surface area contributed by atoms with Crippen molar-refractivity contribution in [3.8, 4) is 0 Å². The zero-order chi connectivity index (χ0) is 10.6. The van der Waals surface area contributed by atoms with E-state index in [2.05, 4.69) is 27.7 Å². The summed E-state index contributed by atoms with van der Waals surface area (Å²) < 4.78 is 0. The van der Waals surface area contributed by atoms with E-state index < -0.39 is 0 Å². The molecule has 0 aliphatic heterocycles. The SMILES string of the molecule is CC(C[N+](=O)[O-])[C@@H](C)[C@@H](C)C(C)C. The summed E-state index contributed by atoms with van der Waals surface area (Å²) >= 11 is 0. The highest BCUT2D eigenvalue weighted by Gasteiger charge is 2.24. The predicted molar refractivity (Wildman–Crippen MR) is 54.2 cm³/mol. The smallest absolute Gasteiger partial charge is 0.206 e. The van der Waals surface area contributed by atoms with Gasteiger partial charge in [0.05, 0.1) is 0 Å². The molecule has 0 saturated heterocycles. The fraction of sp³-hybridized carbons (Fsp3) is 1.00. The molecule has 0 rings (SSSR count). The molecule has 13 heavy (non-hydrogen) atoms. The molecule has 0 N–H and O–H groups in total. The van der Waals surface area contributed by atoms with Crippen LogP contribution in [0.3, 0.4) is 0 Å². The lowest BCUT2D eigenvalue weighted by atomic mass is 9.79. The molecule has 0 aromatic carbocycles. The molecule has 3 nitrogen and oxygen atoms in total. The Morgan fingerprint density at radius 2 is 1.54 bits per heavy atom. The maximum absolute atomic E-state index is 10.3. The molecule has 3 heteroatoms. The molecule has 0 spiro atoms. The molecule has 3 atom stereocenters. The van der Waals surface area contributed by atoms with Gasteiger partial charge < -0.3 is 0 Å². The summed E-state index contributed by atoms with van der Waals surface area (Å²) in [6.07, 6.45) is 0. The zero-order valence-electron chi connectivity index (χ0n) is 9.28. The Hall–Kier alpha value is -0.600. The third kappa shape index (κ3) is 4.25. The van der Waals surface area contributed by atoms with Crippen LogP contribution in [0.5, 0.6) is 0 Å². The monoisotopic (exact) mass is 187 g/mol. The van der Waals surface area contributed by atoms with Gasteiger partial charge in [-0.3, -0.25) is 10.1 Å². The van der Waals surface area contributed by atoms with Gasteiger partial charge in [0, 0.05) is 10.8 Å². The Morgan fingerprint density at radius 1 is 1.08 bits per heavy atom. The van der Waals surface area contributed by atoms with Crippen molar-refractivity contribution in [2.45, 2.75) is 34.6 Å². The number of hydrogen-bond donors (Lipinski definition) is 0. The second-order valence-electron chi connectivity index (χ2n) is 4.45. The van der Waals surface area contributed by atoms with E-state index >= 15 is 0 Å². The average Bonchev–Trinajstić information content (AvgIpc) is 2.00. The number of hydrogen-bond acceptors (Lipinski definition) is 2. The highest BCUT2D eigenvalue weighted by molar-refractivity contribution is 4.69. The second-order valence-corrected chi connectivity index (χ2v) is 4.45. The Kier molecular flexibility index (Phi) is 4.96. The van der Waals surface area contributed by atoms with Gasteiger partial charge in [0.25, 0.3) is 0 Å². The molecule has 0 radical (unpaired) electrons. The normalized spacial score (nSPS) is 18.3. The molecule has 0 aromatic rings. The van der Waals surface area contributed by atoms with Crippen LogP contribution in [0.1, 0.15) is 34.6 Å². The number of rotatable bonds is 5. The molecular formula is C10H21NO2. The van der Waals surface area contributed by atoms with Gasteiger partial charge in [-0.25, -0.2) is 0 Å². The lowest BCUT2D eigenvalue weighted by Gasteiger charge is -2.26. The first kappa shape index (κ1) is 12.4. The molecule has 78 valence electrons. The van der Waals surface area contributed by atoms with Gasteiger partial charge in [0.2, 0.25) is 6.54 Å². The highest BCUT2D eigenvalue weighted by Crippen LogP contribution is 2.26. The van der Waals surface area contributed by atoms with Gasteiger partial charge in [0.1, 0.15) is 0 Å². The lowest BCUT2D eigenvalue weighted by Crippen LogP contribution is -2.25. The Labute approximate surface area is 80.7 Å². The minimum Gasteiger partial charge on any atom is -0.265 e. The maximum Gasteiger partial charge on any atom is 0.206 e. The van der Waals surface area contributed by atoms with Crippen LogP contribution in [-0.2, 0) is 0 Å². The highest BCUT2D eigenvalue weighted by atomic mass is 16.6. The summed E-state index contributed by atoms with van der Waals surface area (Å²) in [4.78, 5) is 10.1. The molecule has 0 amide bonds. The molecule has 0 aromatic heterocycles. The van der Waals surface area contributed by atoms with Gasteiger partial charge in [-0.15, -0.1) is 0 Å². The van der Waals surface area contributed by atoms with Crippen LogP contribution in [0.2, 0.25) is 0 Å². The summed E-state index contributed by atoms with van der Waals surface area (Å²) in [5.74, 6) is 1.75. The van der Waals surface area contributed by atoms with Crippen LogP contribution < -0.4 is 0 Å². The summed E-state index contributed by atoms with van der Waals surface area (Å²) in [6.45, 7) is 10.7. The summed E-state index contributed by atoms with van der Waals surface area (Å²) in [7, 11) is 0. The van der Waals surface area contributed by atoms with Crippen molar-refractivity contribution < 1.29 is 4.92 Å². The van der Waals surface area contributed by atoms with Gasteiger partial charge in [-0.05, 0) is 17.8 Å². The fourth-order valence-electron chi connectivity index (χ4n) is 1.53. The number of nitrogens with zero attached hydrogens (tertiary/aromatic N) is 1. The molecule has 0 aliphatic carbocycles. The van der Waals surface area contributed by atoms with E-state index in [1.54, 1.807) is 0 Å². The van der Waals surface area contributed by atoms with Crippen molar-refractivity contribution in [3.05, 3.63) is 10.1 Å². The molecule has 0 fully saturated rings. The van der Waals surface area contributed by atoms with Crippen LogP contribution in [0, 0.1) is 33.8 Å². The van der Waals surface area contributed by atoms with E-state index in [0.29, 0.717) is 17.8 Å². The van der Waals surface area contributed by atoms with Gasteiger partial charge in [0.15, 0.2) is 0 Å². The van der Waals surface area contributed by atoms with Crippen molar-refractivity contribution in [3.63, 3.8) is 0 Å². The summed E-state index contributed by atoms with van der Waals surface area (Å²) in [5, 5.41) is 10.3. The van der Waals surface area contributed by atoms with Crippen LogP contribution in [-0.4, -0.2) is 11.5 Å². The topological polar surface area (TPSA) is 43.1 Å². The quantitative estimate of drug-likeness (QED) is 0.490. The van der Waals surface area contributed by atoms with E-state index in [9.17, 15) is 10.1 Å². The molecular weight excluding hydrogens is 166 g/mol. The first-order chi connectivity index (χ1) is 5.86. The van der Waals surface area contributed by atoms with Crippen molar-refractivity contribution in [1.82, 2.24) is 0 Å². The van der Waals surface area contributed by atoms with Crippen molar-refractivity contribution in [1.29, 1.82) is 0 Å². The first-order valence-corrected chi connectivity index (χ1v) is 4.98. The molecule has 0 aliphatic rings. The minimum absolute atomic E-state index is 0.0955. The summed E-state index contributed by atoms with van der Waals surface area (Å²) in [5.41, 5.74) is 0. The fourth-order valence-corrected chi connectivity index (χ4v) is 1.53. The minimum atomic E-state index is -0.214. The van der Waals surface area contributed by atoms with Crippen molar-refractivity contribution in [2.24, 2.45) is 23.7 Å². The van der Waals surface area contributed by atoms with Gasteiger partial charge in [-0.1, -0.05) is 34.6 Å². The first-order valence-electron chi connectivity index (χ1n) is 4.98. The third-order valence-corrected chi connectivity index (χ3v) is 3.22. The van der Waals surface area contributed by atoms with Crippen molar-refractivity contribution in [2.75, 3.05) is 6.54 Å². The van der Waals surface area contributed by atoms with E-state index in [0.717, 1.165) is 0 Å². The van der Waals surface area contributed by atoms with Crippen LogP contribution in [0.15, 0.2) is 0 Å². The van der Waals surface area contributed by atoms with Gasteiger partial charge >= 0.3 is 0 Å². The van der Waals surface area contributed by atoms with E-state index in [1.165, 1.54) is 0 Å². The molecule has 1 unspecified atom stereocenters. The average molecular weight is 187 g/mol. The Morgan fingerprint density at radius 3 is 1.85 bits per heavy atom. The molecule has 0 saturated carbocycles. The zero-order valence-corrected chi connectivity index (χ0v) is 9.28. The van der Waals surface area contributed by atoms with Crippen LogP contribution >= 0.6 is 0 Å². The van der Waals surface area contributed by atoms with Crippen LogP contribution in [0.25, 0.3) is 0 Å². The van der Waals surface area contributed by atoms with Crippen LogP contribution in [0.4, 0.5) is 0 Å². The Balaban J connectivity index is 4.08. The van der Waals surface area contributed by atoms with E-state index in [-0.39, 0.29) is 17.4 Å². The second kappa shape index (κ2) is 5.20. The Bertz CT molecular complexity index is 168.